The predicted molar refractivity (Wildman–Crippen MR) is 110 cm³/mol. The Balaban J connectivity index is 2.35. The van der Waals surface area contributed by atoms with E-state index in [4.69, 9.17) is 9.47 Å². The van der Waals surface area contributed by atoms with Crippen molar-refractivity contribution in [2.24, 2.45) is 0 Å². The normalized spacial score (nSPS) is 16.9. The van der Waals surface area contributed by atoms with Crippen molar-refractivity contribution in [2.75, 3.05) is 5.32 Å². The van der Waals surface area contributed by atoms with Crippen LogP contribution < -0.4 is 15.4 Å². The Hall–Kier alpha value is -2.98. The molecule has 2 unspecified atom stereocenters. The third-order valence-corrected chi connectivity index (χ3v) is 4.45. The molecule has 1 heterocycles. The maximum absolute atomic E-state index is 12.9. The third kappa shape index (κ3) is 6.76. The molecule has 0 spiro atoms. The third-order valence-electron chi connectivity index (χ3n) is 4.45. The molecule has 0 aliphatic carbocycles. The van der Waals surface area contributed by atoms with E-state index in [0.29, 0.717) is 23.4 Å². The van der Waals surface area contributed by atoms with Gasteiger partial charge >= 0.3 is 18.2 Å². The lowest BCUT2D eigenvalue weighted by Crippen LogP contribution is -2.54. The summed E-state index contributed by atoms with van der Waals surface area (Å²) in [5, 5.41) is 4.57. The molecule has 0 bridgehead atoms. The zero-order valence-electron chi connectivity index (χ0n) is 18.6. The maximum Gasteiger partial charge on any atom is 0.471 e. The number of halogens is 3. The van der Waals surface area contributed by atoms with E-state index < -0.39 is 36.0 Å². The molecule has 3 amide bonds. The van der Waals surface area contributed by atoms with Gasteiger partial charge in [0.05, 0.1) is 12.2 Å². The van der Waals surface area contributed by atoms with Crippen molar-refractivity contribution in [3.8, 4) is 5.75 Å². The van der Waals surface area contributed by atoms with Crippen LogP contribution in [0.1, 0.15) is 53.0 Å². The van der Waals surface area contributed by atoms with E-state index >= 15 is 0 Å². The van der Waals surface area contributed by atoms with Crippen molar-refractivity contribution < 1.29 is 37.0 Å². The first-order valence-corrected chi connectivity index (χ1v) is 10.2. The van der Waals surface area contributed by atoms with E-state index in [1.807, 2.05) is 5.32 Å². The summed E-state index contributed by atoms with van der Waals surface area (Å²) in [6.07, 6.45) is -7.44. The highest BCUT2D eigenvalue weighted by Crippen LogP contribution is 2.31. The quantitative estimate of drug-likeness (QED) is 0.628. The first kappa shape index (κ1) is 25.3. The van der Waals surface area contributed by atoms with Crippen molar-refractivity contribution >= 4 is 23.6 Å². The summed E-state index contributed by atoms with van der Waals surface area (Å²) in [5.41, 5.74) is -0.0370. The summed E-state index contributed by atoms with van der Waals surface area (Å²) in [4.78, 5) is 37.4. The second-order valence-electron chi connectivity index (χ2n) is 8.46. The van der Waals surface area contributed by atoms with Crippen molar-refractivity contribution in [3.63, 3.8) is 0 Å². The number of alkyl halides is 3. The fourth-order valence-electron chi connectivity index (χ4n) is 2.99. The molecule has 2 rings (SSSR count). The molecular weight excluding hydrogens is 431 g/mol. The standard InChI is InChI=1S/C21H28F3N3O5/c1-6-7-16(26-18(29)21(22,23)24)27(19(30)32-20(3,4)5)11-13-8-9-15-14(10-13)25-17(28)12(2)31-15/h8-10,12,16H,6-7,11H2,1-5H3,(H,25,28)(H,26,29). The summed E-state index contributed by atoms with van der Waals surface area (Å²) in [7, 11) is 0. The SMILES string of the molecule is CCCC(NC(=O)C(F)(F)F)N(Cc1ccc2c(c1)NC(=O)C(C)O2)C(=O)OC(C)(C)C. The number of carbonyl (C=O) groups is 3. The Bertz CT molecular complexity index is 867. The number of benzene rings is 1. The van der Waals surface area contributed by atoms with Crippen LogP contribution in [-0.4, -0.2) is 46.9 Å². The largest absolute Gasteiger partial charge is 0.479 e. The number of amides is 3. The van der Waals surface area contributed by atoms with E-state index in [1.165, 1.54) is 0 Å². The van der Waals surface area contributed by atoms with Crippen LogP contribution in [0, 0.1) is 0 Å². The first-order valence-electron chi connectivity index (χ1n) is 10.2. The molecular formula is C21H28F3N3O5. The van der Waals surface area contributed by atoms with E-state index in [1.54, 1.807) is 52.8 Å². The smallest absolute Gasteiger partial charge is 0.471 e. The van der Waals surface area contributed by atoms with Gasteiger partial charge in [0.25, 0.3) is 5.91 Å². The summed E-state index contributed by atoms with van der Waals surface area (Å²) in [6.45, 7) is 8.01. The summed E-state index contributed by atoms with van der Waals surface area (Å²) < 4.78 is 49.5. The zero-order chi connectivity index (χ0) is 24.3. The average molecular weight is 459 g/mol. The van der Waals surface area contributed by atoms with E-state index in [-0.39, 0.29) is 18.9 Å². The molecule has 0 aromatic heterocycles. The van der Waals surface area contributed by atoms with Gasteiger partial charge in [0.1, 0.15) is 17.5 Å². The Morgan fingerprint density at radius 2 is 1.94 bits per heavy atom. The van der Waals surface area contributed by atoms with E-state index in [0.717, 1.165) is 4.90 Å². The lowest BCUT2D eigenvalue weighted by atomic mass is 10.1. The number of carbonyl (C=O) groups excluding carboxylic acids is 3. The lowest BCUT2D eigenvalue weighted by molar-refractivity contribution is -0.175. The first-order chi connectivity index (χ1) is 14.7. The van der Waals surface area contributed by atoms with Crippen LogP contribution in [0.2, 0.25) is 0 Å². The van der Waals surface area contributed by atoms with Crippen LogP contribution in [0.4, 0.5) is 23.7 Å². The topological polar surface area (TPSA) is 97.0 Å². The molecule has 1 aliphatic heterocycles. The number of hydrogen-bond acceptors (Lipinski definition) is 5. The highest BCUT2D eigenvalue weighted by atomic mass is 19.4. The summed E-state index contributed by atoms with van der Waals surface area (Å²) >= 11 is 0. The van der Waals surface area contributed by atoms with Crippen molar-refractivity contribution in [1.82, 2.24) is 10.2 Å². The summed E-state index contributed by atoms with van der Waals surface area (Å²) in [5.74, 6) is -2.07. The monoisotopic (exact) mass is 459 g/mol. The van der Waals surface area contributed by atoms with E-state index in [2.05, 4.69) is 5.32 Å². The molecule has 2 atom stereocenters. The van der Waals surface area contributed by atoms with Gasteiger partial charge in [0, 0.05) is 0 Å². The highest BCUT2D eigenvalue weighted by Gasteiger charge is 2.41. The molecule has 178 valence electrons. The van der Waals surface area contributed by atoms with Crippen LogP contribution in [-0.2, 0) is 20.9 Å². The maximum atomic E-state index is 12.9. The van der Waals surface area contributed by atoms with Gasteiger partial charge in [-0.2, -0.15) is 13.2 Å². The van der Waals surface area contributed by atoms with Gasteiger partial charge in [-0.15, -0.1) is 0 Å². The van der Waals surface area contributed by atoms with Gasteiger partial charge in [-0.05, 0) is 51.8 Å². The van der Waals surface area contributed by atoms with Crippen molar-refractivity contribution in [2.45, 2.75) is 78.1 Å². The molecule has 11 heteroatoms. The lowest BCUT2D eigenvalue weighted by Gasteiger charge is -2.34. The Morgan fingerprint density at radius 3 is 2.50 bits per heavy atom. The fraction of sp³-hybridized carbons (Fsp3) is 0.571. The van der Waals surface area contributed by atoms with Gasteiger partial charge < -0.3 is 20.1 Å². The summed E-state index contributed by atoms with van der Waals surface area (Å²) in [6, 6.07) is 4.77. The number of rotatable bonds is 6. The minimum absolute atomic E-state index is 0.0728. The molecule has 0 saturated carbocycles. The number of hydrogen-bond donors (Lipinski definition) is 2. The number of nitrogens with one attached hydrogen (secondary N) is 2. The minimum atomic E-state index is -5.10. The van der Waals surface area contributed by atoms with Crippen LogP contribution >= 0.6 is 0 Å². The van der Waals surface area contributed by atoms with Crippen molar-refractivity contribution in [3.05, 3.63) is 23.8 Å². The van der Waals surface area contributed by atoms with Gasteiger partial charge in [0.2, 0.25) is 0 Å². The van der Waals surface area contributed by atoms with Crippen LogP contribution in [0.25, 0.3) is 0 Å². The van der Waals surface area contributed by atoms with E-state index in [9.17, 15) is 27.6 Å². The van der Waals surface area contributed by atoms with Crippen LogP contribution in [0.3, 0.4) is 0 Å². The van der Waals surface area contributed by atoms with Gasteiger partial charge in [-0.1, -0.05) is 19.4 Å². The molecule has 2 N–H and O–H groups in total. The highest BCUT2D eigenvalue weighted by molar-refractivity contribution is 5.97. The number of fused-ring (bicyclic) bond motifs is 1. The Labute approximate surface area is 184 Å². The fourth-order valence-corrected chi connectivity index (χ4v) is 2.99. The number of anilines is 1. The second kappa shape index (κ2) is 9.66. The minimum Gasteiger partial charge on any atom is -0.479 e. The van der Waals surface area contributed by atoms with Crippen LogP contribution in [0.15, 0.2) is 18.2 Å². The average Bonchev–Trinajstić information content (AvgIpc) is 2.64. The molecule has 1 aromatic carbocycles. The second-order valence-corrected chi connectivity index (χ2v) is 8.46. The molecule has 1 aliphatic rings. The van der Waals surface area contributed by atoms with Crippen molar-refractivity contribution in [1.29, 1.82) is 0 Å². The van der Waals surface area contributed by atoms with Gasteiger partial charge in [0.15, 0.2) is 6.10 Å². The molecule has 8 nitrogen and oxygen atoms in total. The Morgan fingerprint density at radius 1 is 1.28 bits per heavy atom. The molecule has 0 saturated heterocycles. The molecule has 0 fully saturated rings. The zero-order valence-corrected chi connectivity index (χ0v) is 18.6. The molecule has 1 aromatic rings. The Kier molecular flexibility index (Phi) is 7.63. The van der Waals surface area contributed by atoms with Crippen LogP contribution in [0.5, 0.6) is 5.75 Å². The number of ether oxygens (including phenoxy) is 2. The predicted octanol–water partition coefficient (Wildman–Crippen LogP) is 3.95. The number of nitrogens with zero attached hydrogens (tertiary/aromatic N) is 1. The van der Waals surface area contributed by atoms with Gasteiger partial charge in [-0.3, -0.25) is 14.5 Å². The molecule has 0 radical (unpaired) electrons. The van der Waals surface area contributed by atoms with Gasteiger partial charge in [-0.25, -0.2) is 4.79 Å². The molecule has 32 heavy (non-hydrogen) atoms.